The molecule has 0 aliphatic rings. The van der Waals surface area contributed by atoms with E-state index in [0.717, 1.165) is 28.1 Å². The van der Waals surface area contributed by atoms with Crippen LogP contribution in [0.5, 0.6) is 11.5 Å². The Bertz CT molecular complexity index is 614. The number of hydrogen-bond donors (Lipinski definition) is 1. The lowest BCUT2D eigenvalue weighted by Gasteiger charge is -2.16. The summed E-state index contributed by atoms with van der Waals surface area (Å²) in [6.45, 7) is 3.34. The van der Waals surface area contributed by atoms with Crippen molar-refractivity contribution in [2.75, 3.05) is 14.2 Å². The molecule has 3 nitrogen and oxygen atoms in total. The summed E-state index contributed by atoms with van der Waals surface area (Å²) in [5.74, 6) is 1.53. The maximum atomic E-state index is 6.05. The summed E-state index contributed by atoms with van der Waals surface area (Å²) in [4.78, 5) is 0. The first-order valence-electron chi connectivity index (χ1n) is 6.84. The number of benzene rings is 2. The van der Waals surface area contributed by atoms with Crippen LogP contribution in [0.1, 0.15) is 16.7 Å². The van der Waals surface area contributed by atoms with E-state index in [-0.39, 0.29) is 0 Å². The lowest BCUT2D eigenvalue weighted by molar-refractivity contribution is 0.280. The van der Waals surface area contributed by atoms with Crippen LogP contribution in [-0.2, 0) is 13.2 Å². The molecule has 0 heterocycles. The van der Waals surface area contributed by atoms with Crippen LogP contribution in [-0.4, -0.2) is 14.2 Å². The molecule has 21 heavy (non-hydrogen) atoms. The van der Waals surface area contributed by atoms with Gasteiger partial charge in [-0.1, -0.05) is 40.2 Å². The number of methoxy groups -OCH3 is 1. The smallest absolute Gasteiger partial charge is 0.166 e. The molecule has 2 aromatic carbocycles. The van der Waals surface area contributed by atoms with Crippen LogP contribution in [0.3, 0.4) is 0 Å². The molecule has 0 saturated heterocycles. The number of aryl methyl sites for hydroxylation is 1. The Morgan fingerprint density at radius 1 is 1.14 bits per heavy atom. The molecule has 0 aromatic heterocycles. The molecule has 0 fully saturated rings. The van der Waals surface area contributed by atoms with E-state index in [1.54, 1.807) is 7.11 Å². The van der Waals surface area contributed by atoms with Crippen molar-refractivity contribution in [3.05, 3.63) is 57.6 Å². The van der Waals surface area contributed by atoms with Gasteiger partial charge in [0.15, 0.2) is 11.5 Å². The van der Waals surface area contributed by atoms with Gasteiger partial charge in [0.25, 0.3) is 0 Å². The number of ether oxygens (including phenoxy) is 2. The fourth-order valence-corrected chi connectivity index (χ4v) is 2.67. The fourth-order valence-electron chi connectivity index (χ4n) is 2.18. The molecule has 0 radical (unpaired) electrons. The van der Waals surface area contributed by atoms with Gasteiger partial charge in [-0.2, -0.15) is 0 Å². The second-order valence-corrected chi connectivity index (χ2v) is 5.76. The maximum Gasteiger partial charge on any atom is 0.166 e. The van der Waals surface area contributed by atoms with Crippen molar-refractivity contribution < 1.29 is 9.47 Å². The third-order valence-electron chi connectivity index (χ3n) is 3.32. The Morgan fingerprint density at radius 3 is 2.57 bits per heavy atom. The highest BCUT2D eigenvalue weighted by molar-refractivity contribution is 9.10. The predicted molar refractivity (Wildman–Crippen MR) is 89.0 cm³/mol. The molecule has 0 saturated carbocycles. The van der Waals surface area contributed by atoms with Gasteiger partial charge in [0.2, 0.25) is 0 Å². The highest BCUT2D eigenvalue weighted by Gasteiger charge is 2.13. The highest BCUT2D eigenvalue weighted by atomic mass is 79.9. The van der Waals surface area contributed by atoms with Gasteiger partial charge in [0.05, 0.1) is 7.11 Å². The van der Waals surface area contributed by atoms with Gasteiger partial charge >= 0.3 is 0 Å². The first kappa shape index (κ1) is 15.9. The van der Waals surface area contributed by atoms with E-state index in [1.165, 1.54) is 11.1 Å². The third kappa shape index (κ3) is 3.99. The molecule has 0 spiro atoms. The van der Waals surface area contributed by atoms with Crippen molar-refractivity contribution in [3.63, 3.8) is 0 Å². The summed E-state index contributed by atoms with van der Waals surface area (Å²) >= 11 is 3.50. The first-order chi connectivity index (χ1) is 10.2. The van der Waals surface area contributed by atoms with E-state index in [0.29, 0.717) is 6.61 Å². The third-order valence-corrected chi connectivity index (χ3v) is 3.77. The van der Waals surface area contributed by atoms with Crippen molar-refractivity contribution in [1.29, 1.82) is 0 Å². The average Bonchev–Trinajstić information content (AvgIpc) is 2.47. The molecule has 0 unspecified atom stereocenters. The van der Waals surface area contributed by atoms with Crippen molar-refractivity contribution in [2.24, 2.45) is 0 Å². The highest BCUT2D eigenvalue weighted by Crippen LogP contribution is 2.35. The number of rotatable bonds is 6. The normalized spacial score (nSPS) is 10.5. The molecular formula is C17H20BrNO2. The van der Waals surface area contributed by atoms with Gasteiger partial charge < -0.3 is 14.8 Å². The van der Waals surface area contributed by atoms with Crippen molar-refractivity contribution in [2.45, 2.75) is 20.1 Å². The summed E-state index contributed by atoms with van der Waals surface area (Å²) in [6.07, 6.45) is 0. The topological polar surface area (TPSA) is 30.5 Å². The van der Waals surface area contributed by atoms with Crippen LogP contribution >= 0.6 is 15.9 Å². The molecule has 0 atom stereocenters. The van der Waals surface area contributed by atoms with Crippen molar-refractivity contribution in [3.8, 4) is 11.5 Å². The summed E-state index contributed by atoms with van der Waals surface area (Å²) in [5.41, 5.74) is 3.47. The van der Waals surface area contributed by atoms with Gasteiger partial charge in [-0.25, -0.2) is 0 Å². The molecule has 0 aliphatic carbocycles. The molecule has 4 heteroatoms. The standard InChI is InChI=1S/C17H20BrNO2/c1-12-6-4-5-7-13(12)11-21-17-14(10-19-2)8-15(18)9-16(17)20-3/h4-9,19H,10-11H2,1-3H3. The monoisotopic (exact) mass is 349 g/mol. The van der Waals surface area contributed by atoms with Crippen molar-refractivity contribution >= 4 is 15.9 Å². The minimum atomic E-state index is 0.529. The minimum Gasteiger partial charge on any atom is -0.493 e. The maximum absolute atomic E-state index is 6.05. The number of nitrogens with one attached hydrogen (secondary N) is 1. The van der Waals surface area contributed by atoms with E-state index in [2.05, 4.69) is 40.3 Å². The van der Waals surface area contributed by atoms with Gasteiger partial charge in [-0.15, -0.1) is 0 Å². The summed E-state index contributed by atoms with van der Waals surface area (Å²) in [6, 6.07) is 12.2. The van der Waals surface area contributed by atoms with Crippen LogP contribution < -0.4 is 14.8 Å². The van der Waals surface area contributed by atoms with Crippen LogP contribution in [0.25, 0.3) is 0 Å². The molecule has 0 bridgehead atoms. The minimum absolute atomic E-state index is 0.529. The lowest BCUT2D eigenvalue weighted by atomic mass is 10.1. The molecule has 1 N–H and O–H groups in total. The van der Waals surface area contributed by atoms with Gasteiger partial charge in [-0.3, -0.25) is 0 Å². The quantitative estimate of drug-likeness (QED) is 0.852. The van der Waals surface area contributed by atoms with Crippen LogP contribution in [0.15, 0.2) is 40.9 Å². The van der Waals surface area contributed by atoms with E-state index < -0.39 is 0 Å². The summed E-state index contributed by atoms with van der Waals surface area (Å²) in [5, 5.41) is 3.16. The molecule has 0 amide bonds. The second-order valence-electron chi connectivity index (χ2n) is 4.84. The largest absolute Gasteiger partial charge is 0.493 e. The zero-order chi connectivity index (χ0) is 15.2. The Hall–Kier alpha value is -1.52. The molecule has 2 rings (SSSR count). The van der Waals surface area contributed by atoms with Gasteiger partial charge in [-0.05, 0) is 37.2 Å². The van der Waals surface area contributed by atoms with Crippen LogP contribution in [0, 0.1) is 6.92 Å². The molecule has 0 aliphatic heterocycles. The van der Waals surface area contributed by atoms with E-state index in [1.807, 2.05) is 31.3 Å². The average molecular weight is 350 g/mol. The number of halogens is 1. The van der Waals surface area contributed by atoms with E-state index in [9.17, 15) is 0 Å². The van der Waals surface area contributed by atoms with Crippen LogP contribution in [0.4, 0.5) is 0 Å². The first-order valence-corrected chi connectivity index (χ1v) is 7.63. The fraction of sp³-hybridized carbons (Fsp3) is 0.294. The Morgan fingerprint density at radius 2 is 1.90 bits per heavy atom. The molecule has 2 aromatic rings. The molecule has 112 valence electrons. The predicted octanol–water partition coefficient (Wildman–Crippen LogP) is 4.06. The van der Waals surface area contributed by atoms with Gasteiger partial charge in [0, 0.05) is 16.6 Å². The zero-order valence-electron chi connectivity index (χ0n) is 12.6. The second kappa shape index (κ2) is 7.48. The Balaban J connectivity index is 2.27. The summed E-state index contributed by atoms with van der Waals surface area (Å²) in [7, 11) is 3.57. The van der Waals surface area contributed by atoms with E-state index in [4.69, 9.17) is 9.47 Å². The Kier molecular flexibility index (Phi) is 5.65. The van der Waals surface area contributed by atoms with E-state index >= 15 is 0 Å². The zero-order valence-corrected chi connectivity index (χ0v) is 14.2. The summed E-state index contributed by atoms with van der Waals surface area (Å²) < 4.78 is 12.5. The lowest BCUT2D eigenvalue weighted by Crippen LogP contribution is -2.09. The Labute approximate surface area is 134 Å². The van der Waals surface area contributed by atoms with Crippen LogP contribution in [0.2, 0.25) is 0 Å². The number of hydrogen-bond acceptors (Lipinski definition) is 3. The molecular weight excluding hydrogens is 330 g/mol. The SMILES string of the molecule is CNCc1cc(Br)cc(OC)c1OCc1ccccc1C. The van der Waals surface area contributed by atoms with Gasteiger partial charge in [0.1, 0.15) is 6.61 Å². The van der Waals surface area contributed by atoms with Crippen molar-refractivity contribution in [1.82, 2.24) is 5.32 Å².